The van der Waals surface area contributed by atoms with Gasteiger partial charge in [0.1, 0.15) is 12.1 Å². The van der Waals surface area contributed by atoms with Crippen LogP contribution in [0.4, 0.5) is 4.79 Å². The van der Waals surface area contributed by atoms with Crippen LogP contribution in [0.2, 0.25) is 0 Å². The van der Waals surface area contributed by atoms with Crippen LogP contribution >= 0.6 is 0 Å². The first-order valence-electron chi connectivity index (χ1n) is 11.5. The Morgan fingerprint density at radius 2 is 1.62 bits per heavy atom. The Kier molecular flexibility index (Phi) is 7.90. The van der Waals surface area contributed by atoms with E-state index in [0.29, 0.717) is 43.5 Å². The Morgan fingerprint density at radius 3 is 2.18 bits per heavy atom. The topological polar surface area (TPSA) is 125 Å². The average Bonchev–Trinajstić information content (AvgIpc) is 3.02. The lowest BCUT2D eigenvalue weighted by molar-refractivity contribution is -0.131. The van der Waals surface area contributed by atoms with E-state index in [0.717, 1.165) is 0 Å². The van der Waals surface area contributed by atoms with Crippen molar-refractivity contribution in [2.45, 2.75) is 58.1 Å². The minimum atomic E-state index is -0.635. The van der Waals surface area contributed by atoms with Crippen LogP contribution in [-0.4, -0.2) is 77.3 Å². The lowest BCUT2D eigenvalue weighted by Crippen LogP contribution is -2.49. The van der Waals surface area contributed by atoms with Crippen molar-refractivity contribution in [3.05, 3.63) is 35.4 Å². The second-order valence-electron chi connectivity index (χ2n) is 9.49. The molecule has 1 saturated heterocycles. The minimum absolute atomic E-state index is 0.0466. The third-order valence-corrected chi connectivity index (χ3v) is 5.66. The fourth-order valence-electron chi connectivity index (χ4n) is 3.99. The molecule has 2 heterocycles. The number of hydrogen-bond donors (Lipinski definition) is 2. The van der Waals surface area contributed by atoms with Gasteiger partial charge in [0.05, 0.1) is 11.1 Å². The summed E-state index contributed by atoms with van der Waals surface area (Å²) in [5.74, 6) is -0.983. The van der Waals surface area contributed by atoms with Crippen LogP contribution in [0.25, 0.3) is 0 Å². The van der Waals surface area contributed by atoms with Gasteiger partial charge in [-0.3, -0.25) is 24.1 Å². The van der Waals surface area contributed by atoms with Crippen molar-refractivity contribution >= 4 is 29.7 Å². The number of piperidine rings is 1. The molecule has 0 aromatic heterocycles. The van der Waals surface area contributed by atoms with Crippen LogP contribution in [-0.2, 0) is 14.3 Å². The summed E-state index contributed by atoms with van der Waals surface area (Å²) in [6.45, 7) is 6.26. The molecule has 0 aliphatic carbocycles. The predicted octanol–water partition coefficient (Wildman–Crippen LogP) is 1.69. The van der Waals surface area contributed by atoms with Gasteiger partial charge in [0, 0.05) is 32.1 Å². The maximum atomic E-state index is 12.4. The quantitative estimate of drug-likeness (QED) is 0.582. The molecule has 3 rings (SSSR count). The van der Waals surface area contributed by atoms with E-state index in [9.17, 15) is 24.0 Å². The van der Waals surface area contributed by atoms with Gasteiger partial charge in [-0.25, -0.2) is 4.79 Å². The number of imide groups is 1. The van der Waals surface area contributed by atoms with E-state index in [2.05, 4.69) is 10.6 Å². The number of nitrogens with one attached hydrogen (secondary N) is 2. The van der Waals surface area contributed by atoms with Crippen molar-refractivity contribution in [3.63, 3.8) is 0 Å². The van der Waals surface area contributed by atoms with Crippen LogP contribution in [0.3, 0.4) is 0 Å². The van der Waals surface area contributed by atoms with Gasteiger partial charge >= 0.3 is 6.09 Å². The lowest BCUT2D eigenvalue weighted by Gasteiger charge is -2.32. The highest BCUT2D eigenvalue weighted by Crippen LogP contribution is 2.22. The fourth-order valence-corrected chi connectivity index (χ4v) is 3.99. The number of carbonyl (C=O) groups excluding carboxylic acids is 5. The smallest absolute Gasteiger partial charge is 0.408 e. The van der Waals surface area contributed by atoms with E-state index in [1.165, 1.54) is 4.90 Å². The molecule has 0 atom stereocenters. The molecular weight excluding hydrogens is 440 g/mol. The van der Waals surface area contributed by atoms with Gasteiger partial charge in [-0.2, -0.15) is 0 Å². The van der Waals surface area contributed by atoms with Gasteiger partial charge in [-0.15, -0.1) is 0 Å². The second kappa shape index (κ2) is 10.7. The number of rotatable bonds is 7. The summed E-state index contributed by atoms with van der Waals surface area (Å²) < 4.78 is 5.12. The monoisotopic (exact) mass is 472 g/mol. The van der Waals surface area contributed by atoms with E-state index in [-0.39, 0.29) is 49.2 Å². The van der Waals surface area contributed by atoms with Crippen LogP contribution in [0, 0.1) is 0 Å². The van der Waals surface area contributed by atoms with Crippen LogP contribution in [0.5, 0.6) is 0 Å². The summed E-state index contributed by atoms with van der Waals surface area (Å²) in [6.07, 6.45) is 1.17. The summed E-state index contributed by atoms with van der Waals surface area (Å²) in [6, 6.07) is 6.66. The molecule has 10 heteroatoms. The molecule has 0 radical (unpaired) electrons. The first kappa shape index (κ1) is 25.2. The van der Waals surface area contributed by atoms with Gasteiger partial charge in [0.15, 0.2) is 0 Å². The third kappa shape index (κ3) is 6.55. The van der Waals surface area contributed by atoms with E-state index in [1.54, 1.807) is 49.9 Å². The van der Waals surface area contributed by atoms with E-state index < -0.39 is 11.7 Å². The van der Waals surface area contributed by atoms with Crippen molar-refractivity contribution in [1.82, 2.24) is 20.4 Å². The maximum absolute atomic E-state index is 12.4. The zero-order valence-corrected chi connectivity index (χ0v) is 19.9. The van der Waals surface area contributed by atoms with Crippen LogP contribution < -0.4 is 10.6 Å². The third-order valence-electron chi connectivity index (χ3n) is 5.66. The van der Waals surface area contributed by atoms with E-state index in [1.807, 2.05) is 0 Å². The molecule has 10 nitrogen and oxygen atoms in total. The molecule has 1 fully saturated rings. The largest absolute Gasteiger partial charge is 0.444 e. The molecule has 0 bridgehead atoms. The molecule has 0 unspecified atom stereocenters. The SMILES string of the molecule is CC(C)(C)OC(=O)NCC(=O)N1CCC(NC(=O)CCCN2C(=O)c3ccccc3C2=O)CC1. The van der Waals surface area contributed by atoms with Crippen LogP contribution in [0.1, 0.15) is 67.2 Å². The van der Waals surface area contributed by atoms with Crippen molar-refractivity contribution < 1.29 is 28.7 Å². The molecule has 34 heavy (non-hydrogen) atoms. The fraction of sp³-hybridized carbons (Fsp3) is 0.542. The molecule has 0 spiro atoms. The van der Waals surface area contributed by atoms with Crippen LogP contribution in [0.15, 0.2) is 24.3 Å². The highest BCUT2D eigenvalue weighted by Gasteiger charge is 2.34. The number of ether oxygens (including phenoxy) is 1. The molecule has 1 aromatic carbocycles. The van der Waals surface area contributed by atoms with Gasteiger partial charge in [-0.1, -0.05) is 12.1 Å². The Balaban J connectivity index is 1.33. The zero-order chi connectivity index (χ0) is 24.9. The molecule has 184 valence electrons. The number of nitrogens with zero attached hydrogens (tertiary/aromatic N) is 2. The van der Waals surface area contributed by atoms with Gasteiger partial charge in [0.2, 0.25) is 11.8 Å². The Labute approximate surface area is 199 Å². The second-order valence-corrected chi connectivity index (χ2v) is 9.49. The highest BCUT2D eigenvalue weighted by atomic mass is 16.6. The summed E-state index contributed by atoms with van der Waals surface area (Å²) >= 11 is 0. The Morgan fingerprint density at radius 1 is 1.03 bits per heavy atom. The number of fused-ring (bicyclic) bond motifs is 1. The normalized spacial score (nSPS) is 16.3. The summed E-state index contributed by atoms with van der Waals surface area (Å²) in [4.78, 5) is 63.9. The highest BCUT2D eigenvalue weighted by molar-refractivity contribution is 6.21. The first-order valence-corrected chi connectivity index (χ1v) is 11.5. The number of likely N-dealkylation sites (tertiary alicyclic amines) is 1. The summed E-state index contributed by atoms with van der Waals surface area (Å²) in [7, 11) is 0. The molecule has 2 aliphatic rings. The van der Waals surface area contributed by atoms with Crippen molar-refractivity contribution in [3.8, 4) is 0 Å². The maximum Gasteiger partial charge on any atom is 0.408 e. The van der Waals surface area contributed by atoms with Crippen molar-refractivity contribution in [2.24, 2.45) is 0 Å². The van der Waals surface area contributed by atoms with Gasteiger partial charge in [-0.05, 0) is 52.2 Å². The van der Waals surface area contributed by atoms with Crippen molar-refractivity contribution in [1.29, 1.82) is 0 Å². The predicted molar refractivity (Wildman–Crippen MR) is 123 cm³/mol. The standard InChI is InChI=1S/C24H32N4O6/c1-24(2,3)34-23(33)25-15-20(30)27-13-10-16(11-14-27)26-19(29)9-6-12-28-21(31)17-7-4-5-8-18(17)22(28)32/h4-5,7-8,16H,6,9-15H2,1-3H3,(H,25,33)(H,26,29). The molecule has 2 N–H and O–H groups in total. The molecule has 5 amide bonds. The van der Waals surface area contributed by atoms with Gasteiger partial charge < -0.3 is 20.3 Å². The number of alkyl carbamates (subject to hydrolysis) is 1. The molecule has 0 saturated carbocycles. The van der Waals surface area contributed by atoms with E-state index in [4.69, 9.17) is 4.74 Å². The van der Waals surface area contributed by atoms with E-state index >= 15 is 0 Å². The number of benzene rings is 1. The number of carbonyl (C=O) groups is 5. The zero-order valence-electron chi connectivity index (χ0n) is 19.9. The lowest BCUT2D eigenvalue weighted by atomic mass is 10.0. The molecule has 1 aromatic rings. The molecule has 2 aliphatic heterocycles. The number of hydrogen-bond acceptors (Lipinski definition) is 6. The number of amides is 5. The Bertz CT molecular complexity index is 927. The summed E-state index contributed by atoms with van der Waals surface area (Å²) in [5.41, 5.74) is 0.174. The first-order chi connectivity index (χ1) is 16.0. The van der Waals surface area contributed by atoms with Gasteiger partial charge in [0.25, 0.3) is 11.8 Å². The Hall–Kier alpha value is -3.43. The molecular formula is C24H32N4O6. The average molecular weight is 473 g/mol. The minimum Gasteiger partial charge on any atom is -0.444 e. The van der Waals surface area contributed by atoms with Crippen molar-refractivity contribution in [2.75, 3.05) is 26.2 Å². The summed E-state index contributed by atoms with van der Waals surface area (Å²) in [5, 5.41) is 5.43.